The Labute approximate surface area is 137 Å². The van der Waals surface area contributed by atoms with Crippen molar-refractivity contribution in [2.24, 2.45) is 0 Å². The lowest BCUT2D eigenvalue weighted by Gasteiger charge is -2.24. The van der Waals surface area contributed by atoms with Gasteiger partial charge in [0.2, 0.25) is 5.95 Å². The summed E-state index contributed by atoms with van der Waals surface area (Å²) in [7, 11) is 0. The molecule has 0 unspecified atom stereocenters. The van der Waals surface area contributed by atoms with E-state index < -0.39 is 5.60 Å². The Morgan fingerprint density at radius 3 is 2.43 bits per heavy atom. The number of anilines is 1. The number of hydrogen-bond acceptors (Lipinski definition) is 5. The fourth-order valence-corrected chi connectivity index (χ4v) is 2.85. The molecule has 1 saturated heterocycles. The fraction of sp³-hybridized carbons (Fsp3) is 0.444. The molecule has 122 valence electrons. The van der Waals surface area contributed by atoms with Gasteiger partial charge in [0, 0.05) is 17.9 Å². The van der Waals surface area contributed by atoms with Crippen molar-refractivity contribution >= 4 is 5.95 Å². The minimum atomic E-state index is -0.869. The highest BCUT2D eigenvalue weighted by Gasteiger charge is 2.38. The van der Waals surface area contributed by atoms with E-state index in [9.17, 15) is 5.11 Å². The topological polar surface area (TPSA) is 58.5 Å². The van der Waals surface area contributed by atoms with Gasteiger partial charge in [0.1, 0.15) is 18.0 Å². The molecule has 0 aliphatic carbocycles. The highest BCUT2D eigenvalue weighted by atomic mass is 16.5. The SMILES string of the molecule is Cc1ccc(OC[C@@]2(O)CCN(c3nc(C)cc(C)n3)C2)cc1. The Morgan fingerprint density at radius 1 is 1.13 bits per heavy atom. The smallest absolute Gasteiger partial charge is 0.225 e. The zero-order valence-electron chi connectivity index (χ0n) is 13.9. The molecule has 5 nitrogen and oxygen atoms in total. The van der Waals surface area contributed by atoms with Crippen molar-refractivity contribution in [3.05, 3.63) is 47.3 Å². The third-order valence-corrected chi connectivity index (χ3v) is 4.11. The van der Waals surface area contributed by atoms with Crippen molar-refractivity contribution in [2.75, 3.05) is 24.6 Å². The van der Waals surface area contributed by atoms with Crippen LogP contribution in [0.2, 0.25) is 0 Å². The van der Waals surface area contributed by atoms with E-state index in [2.05, 4.69) is 9.97 Å². The summed E-state index contributed by atoms with van der Waals surface area (Å²) in [6, 6.07) is 9.82. The molecule has 0 amide bonds. The van der Waals surface area contributed by atoms with E-state index in [0.717, 1.165) is 23.7 Å². The third kappa shape index (κ3) is 3.79. The van der Waals surface area contributed by atoms with Crippen LogP contribution >= 0.6 is 0 Å². The maximum absolute atomic E-state index is 10.8. The Bertz CT molecular complexity index is 667. The van der Waals surface area contributed by atoms with E-state index in [4.69, 9.17) is 4.74 Å². The van der Waals surface area contributed by atoms with E-state index in [-0.39, 0.29) is 6.61 Å². The summed E-state index contributed by atoms with van der Waals surface area (Å²) >= 11 is 0. The Balaban J connectivity index is 1.64. The van der Waals surface area contributed by atoms with E-state index >= 15 is 0 Å². The molecule has 2 heterocycles. The number of rotatable bonds is 4. The Kier molecular flexibility index (Phi) is 4.22. The average Bonchev–Trinajstić information content (AvgIpc) is 2.89. The molecule has 1 aliphatic heterocycles. The van der Waals surface area contributed by atoms with Crippen molar-refractivity contribution in [1.82, 2.24) is 9.97 Å². The normalized spacial score (nSPS) is 20.8. The first-order valence-corrected chi connectivity index (χ1v) is 7.93. The van der Waals surface area contributed by atoms with Gasteiger partial charge in [-0.05, 0) is 45.4 Å². The summed E-state index contributed by atoms with van der Waals surface area (Å²) in [5.74, 6) is 1.47. The van der Waals surface area contributed by atoms with Gasteiger partial charge in [-0.15, -0.1) is 0 Å². The summed E-state index contributed by atoms with van der Waals surface area (Å²) in [4.78, 5) is 11.0. The van der Waals surface area contributed by atoms with Crippen LogP contribution in [0.3, 0.4) is 0 Å². The molecule has 1 N–H and O–H groups in total. The molecule has 1 aromatic heterocycles. The number of ether oxygens (including phenoxy) is 1. The minimum Gasteiger partial charge on any atom is -0.491 e. The van der Waals surface area contributed by atoms with Crippen molar-refractivity contribution in [2.45, 2.75) is 32.8 Å². The number of aryl methyl sites for hydroxylation is 3. The van der Waals surface area contributed by atoms with Crippen LogP contribution in [0.1, 0.15) is 23.4 Å². The molecule has 1 aromatic carbocycles. The van der Waals surface area contributed by atoms with Crippen LogP contribution in [0, 0.1) is 20.8 Å². The molecule has 2 aromatic rings. The predicted molar refractivity (Wildman–Crippen MR) is 90.0 cm³/mol. The number of nitrogens with zero attached hydrogens (tertiary/aromatic N) is 3. The lowest BCUT2D eigenvalue weighted by molar-refractivity contribution is 0.0144. The van der Waals surface area contributed by atoms with Crippen LogP contribution in [0.15, 0.2) is 30.3 Å². The first-order valence-electron chi connectivity index (χ1n) is 7.93. The van der Waals surface area contributed by atoms with Crippen LogP contribution in [-0.2, 0) is 0 Å². The number of aromatic nitrogens is 2. The van der Waals surface area contributed by atoms with Gasteiger partial charge < -0.3 is 14.7 Å². The van der Waals surface area contributed by atoms with Gasteiger partial charge in [0.15, 0.2) is 0 Å². The molecule has 23 heavy (non-hydrogen) atoms. The highest BCUT2D eigenvalue weighted by molar-refractivity contribution is 5.35. The maximum atomic E-state index is 10.8. The third-order valence-electron chi connectivity index (χ3n) is 4.11. The second kappa shape index (κ2) is 6.16. The standard InChI is InChI=1S/C18H23N3O2/c1-13-4-6-16(7-5-13)23-12-18(22)8-9-21(11-18)17-19-14(2)10-15(3)20-17/h4-7,10,22H,8-9,11-12H2,1-3H3/t18-/m1/s1. The number of benzene rings is 1. The predicted octanol–water partition coefficient (Wildman–Crippen LogP) is 2.42. The summed E-state index contributed by atoms with van der Waals surface area (Å²) in [5, 5.41) is 10.8. The van der Waals surface area contributed by atoms with E-state index in [0.29, 0.717) is 18.9 Å². The molecule has 0 spiro atoms. The lowest BCUT2D eigenvalue weighted by Crippen LogP contribution is -2.39. The maximum Gasteiger partial charge on any atom is 0.225 e. The van der Waals surface area contributed by atoms with Crippen molar-refractivity contribution < 1.29 is 9.84 Å². The van der Waals surface area contributed by atoms with Gasteiger partial charge >= 0.3 is 0 Å². The summed E-state index contributed by atoms with van der Waals surface area (Å²) < 4.78 is 5.76. The second-order valence-electron chi connectivity index (χ2n) is 6.45. The summed E-state index contributed by atoms with van der Waals surface area (Å²) in [5.41, 5.74) is 2.21. The van der Waals surface area contributed by atoms with Gasteiger partial charge in [-0.3, -0.25) is 0 Å². The fourth-order valence-electron chi connectivity index (χ4n) is 2.85. The van der Waals surface area contributed by atoms with Crippen LogP contribution in [0.4, 0.5) is 5.95 Å². The van der Waals surface area contributed by atoms with Gasteiger partial charge in [-0.1, -0.05) is 17.7 Å². The molecular weight excluding hydrogens is 290 g/mol. The average molecular weight is 313 g/mol. The molecular formula is C18H23N3O2. The summed E-state index contributed by atoms with van der Waals surface area (Å²) in [6.45, 7) is 7.45. The second-order valence-corrected chi connectivity index (χ2v) is 6.45. The van der Waals surface area contributed by atoms with E-state index in [1.807, 2.05) is 56.0 Å². The van der Waals surface area contributed by atoms with Crippen LogP contribution in [0.5, 0.6) is 5.75 Å². The molecule has 1 aliphatic rings. The largest absolute Gasteiger partial charge is 0.491 e. The van der Waals surface area contributed by atoms with Crippen LogP contribution in [-0.4, -0.2) is 40.4 Å². The highest BCUT2D eigenvalue weighted by Crippen LogP contribution is 2.26. The van der Waals surface area contributed by atoms with E-state index in [1.165, 1.54) is 5.56 Å². The first-order chi connectivity index (χ1) is 10.9. The molecule has 0 saturated carbocycles. The van der Waals surface area contributed by atoms with Crippen LogP contribution < -0.4 is 9.64 Å². The number of aliphatic hydroxyl groups is 1. The van der Waals surface area contributed by atoms with Crippen molar-refractivity contribution in [3.8, 4) is 5.75 Å². The minimum absolute atomic E-state index is 0.275. The quantitative estimate of drug-likeness (QED) is 0.939. The van der Waals surface area contributed by atoms with Gasteiger partial charge in [0.25, 0.3) is 0 Å². The van der Waals surface area contributed by atoms with Crippen molar-refractivity contribution in [1.29, 1.82) is 0 Å². The van der Waals surface area contributed by atoms with Gasteiger partial charge in [0.05, 0.1) is 6.54 Å². The molecule has 1 atom stereocenters. The zero-order valence-corrected chi connectivity index (χ0v) is 13.9. The van der Waals surface area contributed by atoms with Gasteiger partial charge in [-0.2, -0.15) is 0 Å². The molecule has 0 radical (unpaired) electrons. The number of hydrogen-bond donors (Lipinski definition) is 1. The molecule has 1 fully saturated rings. The monoisotopic (exact) mass is 313 g/mol. The van der Waals surface area contributed by atoms with Crippen LogP contribution in [0.25, 0.3) is 0 Å². The Morgan fingerprint density at radius 2 is 1.78 bits per heavy atom. The summed E-state index contributed by atoms with van der Waals surface area (Å²) in [6.07, 6.45) is 0.648. The molecule has 3 rings (SSSR count). The first kappa shape index (κ1) is 15.7. The lowest BCUT2D eigenvalue weighted by atomic mass is 10.1. The van der Waals surface area contributed by atoms with Gasteiger partial charge in [-0.25, -0.2) is 9.97 Å². The number of β-amino-alcohol motifs (C(OH)–C–C–N with tert-alkyl or cyclic N) is 1. The zero-order chi connectivity index (χ0) is 16.4. The molecule has 0 bridgehead atoms. The molecule has 5 heteroatoms. The Hall–Kier alpha value is -2.14. The van der Waals surface area contributed by atoms with Crippen molar-refractivity contribution in [3.63, 3.8) is 0 Å². The van der Waals surface area contributed by atoms with E-state index in [1.54, 1.807) is 0 Å².